The lowest BCUT2D eigenvalue weighted by atomic mass is 10.2. The third-order valence-corrected chi connectivity index (χ3v) is 2.88. The van der Waals surface area contributed by atoms with Gasteiger partial charge in [0.05, 0.1) is 0 Å². The Bertz CT molecular complexity index is 299. The Morgan fingerprint density at radius 2 is 2.23 bits per heavy atom. The first-order valence-corrected chi connectivity index (χ1v) is 5.76. The van der Waals surface area contributed by atoms with Gasteiger partial charge in [0.25, 0.3) is 0 Å². The molecule has 0 aliphatic heterocycles. The van der Waals surface area contributed by atoms with Crippen LogP contribution in [-0.4, -0.2) is 9.96 Å². The normalized spacial score (nSPS) is 12.5. The highest BCUT2D eigenvalue weighted by Gasteiger charge is 1.97. The monoisotopic (exact) mass is 197 g/mol. The fourth-order valence-electron chi connectivity index (χ4n) is 1.08. The molecule has 3 heteroatoms. The maximum absolute atomic E-state index is 11.3. The zero-order valence-electron chi connectivity index (χ0n) is 8.04. The number of rotatable bonds is 4. The van der Waals surface area contributed by atoms with E-state index in [2.05, 4.69) is 4.72 Å². The standard InChI is InChI=1S/C10H15NOS/c1-3-7-13(12)11-10-6-4-5-9(2)8-10/h4-6,8,11H,3,7H2,1-2H3. The first kappa shape index (κ1) is 10.3. The fourth-order valence-corrected chi connectivity index (χ4v) is 1.94. The van der Waals surface area contributed by atoms with Crippen LogP contribution in [-0.2, 0) is 11.0 Å². The molecule has 0 saturated carbocycles. The molecule has 1 aromatic carbocycles. The lowest BCUT2D eigenvalue weighted by Gasteiger charge is -2.05. The van der Waals surface area contributed by atoms with E-state index in [4.69, 9.17) is 0 Å². The van der Waals surface area contributed by atoms with Crippen LogP contribution in [0.15, 0.2) is 24.3 Å². The molecule has 1 unspecified atom stereocenters. The Kier molecular flexibility index (Phi) is 3.96. The highest BCUT2D eigenvalue weighted by atomic mass is 32.2. The second kappa shape index (κ2) is 5.02. The van der Waals surface area contributed by atoms with E-state index in [9.17, 15) is 4.21 Å². The van der Waals surface area contributed by atoms with Gasteiger partial charge in [0.1, 0.15) is 11.0 Å². The Morgan fingerprint density at radius 1 is 1.46 bits per heavy atom. The van der Waals surface area contributed by atoms with E-state index in [1.807, 2.05) is 38.1 Å². The zero-order valence-corrected chi connectivity index (χ0v) is 8.86. The Labute approximate surface area is 82.0 Å². The van der Waals surface area contributed by atoms with E-state index >= 15 is 0 Å². The Morgan fingerprint density at radius 3 is 2.85 bits per heavy atom. The molecule has 0 spiro atoms. The largest absolute Gasteiger partial charge is 0.305 e. The number of benzene rings is 1. The fraction of sp³-hybridized carbons (Fsp3) is 0.400. The van der Waals surface area contributed by atoms with Crippen molar-refractivity contribution in [3.05, 3.63) is 29.8 Å². The highest BCUT2D eigenvalue weighted by molar-refractivity contribution is 7.86. The van der Waals surface area contributed by atoms with Crippen LogP contribution in [0.1, 0.15) is 18.9 Å². The van der Waals surface area contributed by atoms with Crippen molar-refractivity contribution in [2.75, 3.05) is 10.5 Å². The first-order chi connectivity index (χ1) is 6.22. The molecule has 0 heterocycles. The quantitative estimate of drug-likeness (QED) is 0.789. The second-order valence-corrected chi connectivity index (χ2v) is 4.32. The summed E-state index contributed by atoms with van der Waals surface area (Å²) in [5, 5.41) is 0. The van der Waals surface area contributed by atoms with Gasteiger partial charge in [-0.3, -0.25) is 0 Å². The van der Waals surface area contributed by atoms with Gasteiger partial charge in [0, 0.05) is 11.4 Å². The minimum absolute atomic E-state index is 0.702. The van der Waals surface area contributed by atoms with Crippen LogP contribution in [0.25, 0.3) is 0 Å². The summed E-state index contributed by atoms with van der Waals surface area (Å²) in [4.78, 5) is 0. The van der Waals surface area contributed by atoms with Gasteiger partial charge in [0.2, 0.25) is 0 Å². The maximum atomic E-state index is 11.3. The van der Waals surface area contributed by atoms with Gasteiger partial charge in [-0.05, 0) is 31.0 Å². The molecule has 13 heavy (non-hydrogen) atoms. The smallest absolute Gasteiger partial charge is 0.117 e. The average molecular weight is 197 g/mol. The molecular formula is C10H15NOS. The van der Waals surface area contributed by atoms with Gasteiger partial charge in [-0.15, -0.1) is 0 Å². The van der Waals surface area contributed by atoms with Crippen molar-refractivity contribution in [1.29, 1.82) is 0 Å². The van der Waals surface area contributed by atoms with Gasteiger partial charge in [0.15, 0.2) is 0 Å². The van der Waals surface area contributed by atoms with Gasteiger partial charge in [-0.1, -0.05) is 19.1 Å². The summed E-state index contributed by atoms with van der Waals surface area (Å²) in [6.45, 7) is 4.05. The summed E-state index contributed by atoms with van der Waals surface area (Å²) < 4.78 is 14.3. The van der Waals surface area contributed by atoms with E-state index in [0.717, 1.165) is 12.1 Å². The molecule has 0 radical (unpaired) electrons. The molecule has 1 atom stereocenters. The predicted molar refractivity (Wildman–Crippen MR) is 58.1 cm³/mol. The number of hydrogen-bond donors (Lipinski definition) is 1. The van der Waals surface area contributed by atoms with E-state index < -0.39 is 11.0 Å². The van der Waals surface area contributed by atoms with Gasteiger partial charge in [-0.2, -0.15) is 0 Å². The molecule has 1 aromatic rings. The molecule has 2 nitrogen and oxygen atoms in total. The van der Waals surface area contributed by atoms with E-state index in [-0.39, 0.29) is 0 Å². The van der Waals surface area contributed by atoms with Crippen molar-refractivity contribution in [2.24, 2.45) is 0 Å². The molecule has 0 fully saturated rings. The summed E-state index contributed by atoms with van der Waals surface area (Å²) in [5.74, 6) is 0.702. The van der Waals surface area contributed by atoms with Crippen molar-refractivity contribution in [3.8, 4) is 0 Å². The van der Waals surface area contributed by atoms with Crippen LogP contribution in [0.4, 0.5) is 5.69 Å². The van der Waals surface area contributed by atoms with Crippen molar-refractivity contribution >= 4 is 16.7 Å². The molecule has 1 N–H and O–H groups in total. The van der Waals surface area contributed by atoms with Gasteiger partial charge in [-0.25, -0.2) is 4.21 Å². The van der Waals surface area contributed by atoms with Crippen LogP contribution >= 0.6 is 0 Å². The topological polar surface area (TPSA) is 29.1 Å². The summed E-state index contributed by atoms with van der Waals surface area (Å²) in [7, 11) is -0.929. The number of aryl methyl sites for hydroxylation is 1. The summed E-state index contributed by atoms with van der Waals surface area (Å²) >= 11 is 0. The molecule has 0 aliphatic carbocycles. The van der Waals surface area contributed by atoms with Crippen LogP contribution in [0.5, 0.6) is 0 Å². The summed E-state index contributed by atoms with van der Waals surface area (Å²) in [6.07, 6.45) is 0.936. The van der Waals surface area contributed by atoms with Crippen molar-refractivity contribution in [1.82, 2.24) is 0 Å². The van der Waals surface area contributed by atoms with Gasteiger partial charge < -0.3 is 4.72 Å². The predicted octanol–water partition coefficient (Wildman–Crippen LogP) is 2.48. The summed E-state index contributed by atoms with van der Waals surface area (Å²) in [6, 6.07) is 7.91. The van der Waals surface area contributed by atoms with Crippen molar-refractivity contribution in [3.63, 3.8) is 0 Å². The van der Waals surface area contributed by atoms with Crippen LogP contribution in [0.2, 0.25) is 0 Å². The number of nitrogens with one attached hydrogen (secondary N) is 1. The average Bonchev–Trinajstić information content (AvgIpc) is 2.04. The zero-order chi connectivity index (χ0) is 9.68. The van der Waals surface area contributed by atoms with E-state index in [1.165, 1.54) is 5.56 Å². The molecular weight excluding hydrogens is 182 g/mol. The molecule has 72 valence electrons. The maximum Gasteiger partial charge on any atom is 0.117 e. The van der Waals surface area contributed by atoms with Gasteiger partial charge >= 0.3 is 0 Å². The minimum Gasteiger partial charge on any atom is -0.305 e. The molecule has 0 aromatic heterocycles. The minimum atomic E-state index is -0.929. The number of anilines is 1. The summed E-state index contributed by atoms with van der Waals surface area (Å²) in [5.41, 5.74) is 2.12. The second-order valence-electron chi connectivity index (χ2n) is 3.02. The lowest BCUT2D eigenvalue weighted by Crippen LogP contribution is -2.07. The highest BCUT2D eigenvalue weighted by Crippen LogP contribution is 2.10. The Hall–Kier alpha value is -0.830. The third kappa shape index (κ3) is 3.59. The van der Waals surface area contributed by atoms with Crippen LogP contribution in [0, 0.1) is 6.92 Å². The Balaban J connectivity index is 2.58. The van der Waals surface area contributed by atoms with E-state index in [0.29, 0.717) is 5.75 Å². The molecule has 0 saturated heterocycles. The first-order valence-electron chi connectivity index (χ1n) is 4.44. The molecule has 0 bridgehead atoms. The lowest BCUT2D eigenvalue weighted by molar-refractivity contribution is 0.685. The molecule has 0 aliphatic rings. The SMILES string of the molecule is CCCS(=O)Nc1cccc(C)c1. The van der Waals surface area contributed by atoms with Crippen molar-refractivity contribution < 1.29 is 4.21 Å². The van der Waals surface area contributed by atoms with Crippen molar-refractivity contribution in [2.45, 2.75) is 20.3 Å². The van der Waals surface area contributed by atoms with E-state index in [1.54, 1.807) is 0 Å². The van der Waals surface area contributed by atoms with Crippen LogP contribution < -0.4 is 4.72 Å². The third-order valence-electron chi connectivity index (χ3n) is 1.64. The van der Waals surface area contributed by atoms with Crippen LogP contribution in [0.3, 0.4) is 0 Å². The molecule has 0 amide bonds. The number of hydrogen-bond acceptors (Lipinski definition) is 1. The molecule has 1 rings (SSSR count).